The smallest absolute Gasteiger partial charge is 0.506 e. The third-order valence-electron chi connectivity index (χ3n) is 3.08. The molecule has 0 spiro atoms. The lowest BCUT2D eigenvalue weighted by atomic mass is 9.96. The average Bonchev–Trinajstić information content (AvgIpc) is 2.46. The minimum Gasteiger partial charge on any atom is -0.506 e. The highest BCUT2D eigenvalue weighted by Gasteiger charge is 2.31. The number of ether oxygens (including phenoxy) is 1. The van der Waals surface area contributed by atoms with Crippen molar-refractivity contribution in [3.8, 4) is 17.6 Å². The maximum Gasteiger partial charge on any atom is 0.573 e. The summed E-state index contributed by atoms with van der Waals surface area (Å²) in [7, 11) is 0. The minimum atomic E-state index is -4.81. The standard InChI is InChI=1S/C15H10F4N2O2/c16-12-6-5-10(14(22)11(12)7-20)13(21)8-1-3-9(4-2-8)23-15(17,18)19/h1-6,13,22H,21H2/t13-/m1/s1. The molecule has 2 aromatic carbocycles. The van der Waals surface area contributed by atoms with Gasteiger partial charge in [-0.25, -0.2) is 4.39 Å². The van der Waals surface area contributed by atoms with Crippen molar-refractivity contribution in [1.29, 1.82) is 5.26 Å². The van der Waals surface area contributed by atoms with Crippen LogP contribution in [0.2, 0.25) is 0 Å². The molecule has 0 aliphatic rings. The van der Waals surface area contributed by atoms with Crippen LogP contribution in [-0.2, 0) is 0 Å². The molecule has 0 amide bonds. The molecule has 2 aromatic rings. The number of phenolic OH excluding ortho intramolecular Hbond substituents is 1. The molecule has 0 saturated heterocycles. The number of phenols is 1. The van der Waals surface area contributed by atoms with Crippen molar-refractivity contribution in [2.24, 2.45) is 5.73 Å². The van der Waals surface area contributed by atoms with Gasteiger partial charge in [0.05, 0.1) is 6.04 Å². The first-order valence-electron chi connectivity index (χ1n) is 6.25. The van der Waals surface area contributed by atoms with Crippen LogP contribution in [0.5, 0.6) is 11.5 Å². The van der Waals surface area contributed by atoms with E-state index in [1.165, 1.54) is 24.3 Å². The largest absolute Gasteiger partial charge is 0.573 e. The van der Waals surface area contributed by atoms with Gasteiger partial charge in [0, 0.05) is 5.56 Å². The van der Waals surface area contributed by atoms with Gasteiger partial charge in [-0.3, -0.25) is 0 Å². The van der Waals surface area contributed by atoms with Crippen molar-refractivity contribution in [2.45, 2.75) is 12.4 Å². The predicted molar refractivity (Wildman–Crippen MR) is 71.9 cm³/mol. The molecule has 0 unspecified atom stereocenters. The van der Waals surface area contributed by atoms with Crippen LogP contribution >= 0.6 is 0 Å². The van der Waals surface area contributed by atoms with Crippen LogP contribution in [0.1, 0.15) is 22.7 Å². The van der Waals surface area contributed by atoms with Crippen LogP contribution < -0.4 is 10.5 Å². The Morgan fingerprint density at radius 3 is 2.26 bits per heavy atom. The zero-order valence-corrected chi connectivity index (χ0v) is 11.4. The van der Waals surface area contributed by atoms with E-state index in [9.17, 15) is 22.7 Å². The van der Waals surface area contributed by atoms with Crippen LogP contribution in [0.15, 0.2) is 36.4 Å². The van der Waals surface area contributed by atoms with Gasteiger partial charge < -0.3 is 15.6 Å². The highest BCUT2D eigenvalue weighted by molar-refractivity contribution is 5.51. The number of nitrogens with two attached hydrogens (primary N) is 1. The van der Waals surface area contributed by atoms with Crippen LogP contribution in [0.3, 0.4) is 0 Å². The second-order valence-corrected chi connectivity index (χ2v) is 4.57. The normalized spacial score (nSPS) is 12.5. The van der Waals surface area contributed by atoms with Crippen molar-refractivity contribution in [3.05, 3.63) is 58.9 Å². The van der Waals surface area contributed by atoms with Crippen LogP contribution in [0, 0.1) is 17.1 Å². The lowest BCUT2D eigenvalue weighted by molar-refractivity contribution is -0.274. The van der Waals surface area contributed by atoms with Gasteiger partial charge in [0.15, 0.2) is 0 Å². The fourth-order valence-corrected chi connectivity index (χ4v) is 2.00. The predicted octanol–water partition coefficient (Wildman–Crippen LogP) is 3.35. The molecule has 0 fully saturated rings. The number of nitriles is 1. The molecule has 23 heavy (non-hydrogen) atoms. The monoisotopic (exact) mass is 326 g/mol. The van der Waals surface area contributed by atoms with Gasteiger partial charge in [0.2, 0.25) is 0 Å². The lowest BCUT2D eigenvalue weighted by Crippen LogP contribution is -2.17. The van der Waals surface area contributed by atoms with E-state index in [4.69, 9.17) is 11.0 Å². The maximum absolute atomic E-state index is 13.4. The molecular formula is C15H10F4N2O2. The number of halogens is 4. The van der Waals surface area contributed by atoms with E-state index in [1.807, 2.05) is 0 Å². The summed E-state index contributed by atoms with van der Waals surface area (Å²) >= 11 is 0. The molecule has 0 heterocycles. The van der Waals surface area contributed by atoms with Crippen molar-refractivity contribution >= 4 is 0 Å². The molecule has 3 N–H and O–H groups in total. The van der Waals surface area contributed by atoms with Gasteiger partial charge >= 0.3 is 6.36 Å². The van der Waals surface area contributed by atoms with E-state index in [0.717, 1.165) is 18.2 Å². The molecule has 0 aliphatic heterocycles. The summed E-state index contributed by atoms with van der Waals surface area (Å²) < 4.78 is 53.4. The zero-order chi connectivity index (χ0) is 17.2. The Morgan fingerprint density at radius 2 is 1.74 bits per heavy atom. The first-order chi connectivity index (χ1) is 10.7. The molecule has 1 atom stereocenters. The fourth-order valence-electron chi connectivity index (χ4n) is 2.00. The van der Waals surface area contributed by atoms with Gasteiger partial charge in [-0.1, -0.05) is 18.2 Å². The fraction of sp³-hybridized carbons (Fsp3) is 0.133. The molecule has 120 valence electrons. The Labute approximate surface area is 128 Å². The van der Waals surface area contributed by atoms with Gasteiger partial charge in [-0.15, -0.1) is 13.2 Å². The summed E-state index contributed by atoms with van der Waals surface area (Å²) in [5.74, 6) is -1.92. The van der Waals surface area contributed by atoms with Crippen LogP contribution in [-0.4, -0.2) is 11.5 Å². The molecule has 8 heteroatoms. The lowest BCUT2D eigenvalue weighted by Gasteiger charge is -2.16. The van der Waals surface area contributed by atoms with Crippen molar-refractivity contribution in [1.82, 2.24) is 0 Å². The molecule has 0 saturated carbocycles. The number of aromatic hydroxyl groups is 1. The second kappa shape index (κ2) is 6.14. The van der Waals surface area contributed by atoms with Crippen molar-refractivity contribution in [2.75, 3.05) is 0 Å². The Hall–Kier alpha value is -2.79. The minimum absolute atomic E-state index is 0.0763. The Bertz CT molecular complexity index is 752. The number of hydrogen-bond acceptors (Lipinski definition) is 4. The molecule has 0 aliphatic carbocycles. The number of hydrogen-bond donors (Lipinski definition) is 2. The van der Waals surface area contributed by atoms with E-state index < -0.39 is 35.3 Å². The highest BCUT2D eigenvalue weighted by Crippen LogP contribution is 2.32. The summed E-state index contributed by atoms with van der Waals surface area (Å²) in [4.78, 5) is 0. The third-order valence-corrected chi connectivity index (χ3v) is 3.08. The maximum atomic E-state index is 13.4. The Balaban J connectivity index is 2.31. The molecule has 0 bridgehead atoms. The number of benzene rings is 2. The first kappa shape index (κ1) is 16.6. The Kier molecular flexibility index (Phi) is 4.43. The third kappa shape index (κ3) is 3.70. The summed E-state index contributed by atoms with van der Waals surface area (Å²) in [6.07, 6.45) is -4.81. The quantitative estimate of drug-likeness (QED) is 0.848. The molecule has 2 rings (SSSR count). The molecule has 4 nitrogen and oxygen atoms in total. The van der Waals surface area contributed by atoms with Crippen molar-refractivity contribution < 1.29 is 27.4 Å². The van der Waals surface area contributed by atoms with E-state index in [2.05, 4.69) is 4.74 Å². The Morgan fingerprint density at radius 1 is 1.13 bits per heavy atom. The number of nitrogens with zero attached hydrogens (tertiary/aromatic N) is 1. The summed E-state index contributed by atoms with van der Waals surface area (Å²) in [6.45, 7) is 0. The van der Waals surface area contributed by atoms with Crippen molar-refractivity contribution in [3.63, 3.8) is 0 Å². The van der Waals surface area contributed by atoms with Gasteiger partial charge in [-0.2, -0.15) is 5.26 Å². The van der Waals surface area contributed by atoms with E-state index in [-0.39, 0.29) is 5.56 Å². The van der Waals surface area contributed by atoms with E-state index >= 15 is 0 Å². The number of rotatable bonds is 3. The number of alkyl halides is 3. The van der Waals surface area contributed by atoms with Crippen LogP contribution in [0.4, 0.5) is 17.6 Å². The van der Waals surface area contributed by atoms with Crippen LogP contribution in [0.25, 0.3) is 0 Å². The van der Waals surface area contributed by atoms with Gasteiger partial charge in [0.25, 0.3) is 0 Å². The van der Waals surface area contributed by atoms with E-state index in [0.29, 0.717) is 5.56 Å². The van der Waals surface area contributed by atoms with Gasteiger partial charge in [0.1, 0.15) is 28.9 Å². The topological polar surface area (TPSA) is 79.3 Å². The summed E-state index contributed by atoms with van der Waals surface area (Å²) in [6, 6.07) is 7.43. The first-order valence-corrected chi connectivity index (χ1v) is 6.25. The molecular weight excluding hydrogens is 316 g/mol. The molecule has 0 radical (unpaired) electrons. The molecule has 0 aromatic heterocycles. The van der Waals surface area contributed by atoms with E-state index in [1.54, 1.807) is 0 Å². The highest BCUT2D eigenvalue weighted by atomic mass is 19.4. The summed E-state index contributed by atoms with van der Waals surface area (Å²) in [5, 5.41) is 18.7. The average molecular weight is 326 g/mol. The zero-order valence-electron chi connectivity index (χ0n) is 11.4. The van der Waals surface area contributed by atoms with Gasteiger partial charge in [-0.05, 0) is 23.8 Å². The SMILES string of the molecule is N#Cc1c(F)ccc([C@H](N)c2ccc(OC(F)(F)F)cc2)c1O. The second-order valence-electron chi connectivity index (χ2n) is 4.57. The summed E-state index contributed by atoms with van der Waals surface area (Å²) in [5.41, 5.74) is 5.80.